The average Bonchev–Trinajstić information content (AvgIpc) is 2.71. The Balaban J connectivity index is 1.88. The number of hydrazone groups is 1. The SMILES string of the molecule is COc1ccc(/C=N\NC(=O)CCc2ccc(OC)c(OC)c2)cc1OC. The average molecular weight is 372 g/mol. The molecule has 1 N–H and O–H groups in total. The van der Waals surface area contributed by atoms with E-state index in [4.69, 9.17) is 18.9 Å². The molecule has 0 bridgehead atoms. The van der Waals surface area contributed by atoms with E-state index in [1.807, 2.05) is 24.3 Å². The van der Waals surface area contributed by atoms with Gasteiger partial charge < -0.3 is 18.9 Å². The van der Waals surface area contributed by atoms with Gasteiger partial charge in [-0.3, -0.25) is 4.79 Å². The van der Waals surface area contributed by atoms with Gasteiger partial charge in [-0.25, -0.2) is 5.43 Å². The Morgan fingerprint density at radius 3 is 2.11 bits per heavy atom. The van der Waals surface area contributed by atoms with Crippen molar-refractivity contribution in [1.29, 1.82) is 0 Å². The van der Waals surface area contributed by atoms with Crippen molar-refractivity contribution < 1.29 is 23.7 Å². The molecule has 27 heavy (non-hydrogen) atoms. The maximum atomic E-state index is 12.0. The van der Waals surface area contributed by atoms with Crippen LogP contribution in [-0.2, 0) is 11.2 Å². The predicted octanol–water partition coefficient (Wildman–Crippen LogP) is 2.80. The second-order valence-electron chi connectivity index (χ2n) is 5.60. The first-order chi connectivity index (χ1) is 13.1. The third-order valence-electron chi connectivity index (χ3n) is 3.90. The van der Waals surface area contributed by atoms with Crippen molar-refractivity contribution in [2.45, 2.75) is 12.8 Å². The van der Waals surface area contributed by atoms with Crippen molar-refractivity contribution in [3.8, 4) is 23.0 Å². The molecule has 0 saturated carbocycles. The molecule has 1 amide bonds. The molecule has 2 rings (SSSR count). The minimum absolute atomic E-state index is 0.179. The van der Waals surface area contributed by atoms with Crippen LogP contribution in [-0.4, -0.2) is 40.6 Å². The van der Waals surface area contributed by atoms with Gasteiger partial charge in [0.2, 0.25) is 5.91 Å². The molecule has 0 aliphatic rings. The van der Waals surface area contributed by atoms with Crippen molar-refractivity contribution in [2.24, 2.45) is 5.10 Å². The molecule has 0 aromatic heterocycles. The quantitative estimate of drug-likeness (QED) is 0.541. The summed E-state index contributed by atoms with van der Waals surface area (Å²) in [5.41, 5.74) is 4.28. The van der Waals surface area contributed by atoms with E-state index < -0.39 is 0 Å². The van der Waals surface area contributed by atoms with Crippen molar-refractivity contribution >= 4 is 12.1 Å². The molecule has 144 valence electrons. The number of amides is 1. The molecule has 0 saturated heterocycles. The Morgan fingerprint density at radius 1 is 0.889 bits per heavy atom. The minimum Gasteiger partial charge on any atom is -0.493 e. The summed E-state index contributed by atoms with van der Waals surface area (Å²) in [6, 6.07) is 11.0. The van der Waals surface area contributed by atoms with Crippen LogP contribution < -0.4 is 24.4 Å². The molecule has 0 spiro atoms. The zero-order valence-corrected chi connectivity index (χ0v) is 15.9. The molecule has 7 nitrogen and oxygen atoms in total. The second kappa shape index (κ2) is 10.1. The van der Waals surface area contributed by atoms with Crippen LogP contribution in [0.5, 0.6) is 23.0 Å². The van der Waals surface area contributed by atoms with E-state index in [-0.39, 0.29) is 5.91 Å². The van der Waals surface area contributed by atoms with Crippen LogP contribution in [0.1, 0.15) is 17.5 Å². The number of carbonyl (C=O) groups excluding carboxylic acids is 1. The first kappa shape index (κ1) is 20.1. The number of rotatable bonds is 9. The zero-order valence-electron chi connectivity index (χ0n) is 15.9. The number of ether oxygens (including phenoxy) is 4. The predicted molar refractivity (Wildman–Crippen MR) is 103 cm³/mol. The molecule has 0 aliphatic heterocycles. The highest BCUT2D eigenvalue weighted by Crippen LogP contribution is 2.28. The van der Waals surface area contributed by atoms with Gasteiger partial charge in [-0.15, -0.1) is 0 Å². The van der Waals surface area contributed by atoms with Gasteiger partial charge in [-0.2, -0.15) is 5.10 Å². The van der Waals surface area contributed by atoms with Crippen LogP contribution in [0.25, 0.3) is 0 Å². The van der Waals surface area contributed by atoms with Crippen LogP contribution in [0.3, 0.4) is 0 Å². The van der Waals surface area contributed by atoms with Gasteiger partial charge in [-0.1, -0.05) is 6.07 Å². The van der Waals surface area contributed by atoms with Crippen LogP contribution in [0.15, 0.2) is 41.5 Å². The highest BCUT2D eigenvalue weighted by Gasteiger charge is 2.07. The summed E-state index contributed by atoms with van der Waals surface area (Å²) in [5.74, 6) is 2.35. The lowest BCUT2D eigenvalue weighted by Gasteiger charge is -2.09. The van der Waals surface area contributed by atoms with Crippen LogP contribution in [0, 0.1) is 0 Å². The van der Waals surface area contributed by atoms with Crippen LogP contribution >= 0.6 is 0 Å². The van der Waals surface area contributed by atoms with Gasteiger partial charge in [0.1, 0.15) is 0 Å². The van der Waals surface area contributed by atoms with E-state index in [1.165, 1.54) is 0 Å². The third kappa shape index (κ3) is 5.64. The number of nitrogens with one attached hydrogen (secondary N) is 1. The molecule has 0 atom stereocenters. The molecule has 0 fully saturated rings. The topological polar surface area (TPSA) is 78.4 Å². The lowest BCUT2D eigenvalue weighted by molar-refractivity contribution is -0.121. The molecular weight excluding hydrogens is 348 g/mol. The van der Waals surface area contributed by atoms with Gasteiger partial charge in [-0.05, 0) is 47.9 Å². The number of hydrogen-bond acceptors (Lipinski definition) is 6. The second-order valence-corrected chi connectivity index (χ2v) is 5.60. The lowest BCUT2D eigenvalue weighted by atomic mass is 10.1. The van der Waals surface area contributed by atoms with Gasteiger partial charge >= 0.3 is 0 Å². The van der Waals surface area contributed by atoms with E-state index in [2.05, 4.69) is 10.5 Å². The summed E-state index contributed by atoms with van der Waals surface area (Å²) in [5, 5.41) is 3.98. The van der Waals surface area contributed by atoms with Crippen LogP contribution in [0.4, 0.5) is 0 Å². The molecule has 7 heteroatoms. The van der Waals surface area contributed by atoms with E-state index in [0.717, 1.165) is 11.1 Å². The van der Waals surface area contributed by atoms with E-state index in [1.54, 1.807) is 46.8 Å². The summed E-state index contributed by atoms with van der Waals surface area (Å²) < 4.78 is 20.9. The maximum absolute atomic E-state index is 12.0. The van der Waals surface area contributed by atoms with Gasteiger partial charge in [0, 0.05) is 6.42 Å². The van der Waals surface area contributed by atoms with Gasteiger partial charge in [0.25, 0.3) is 0 Å². The van der Waals surface area contributed by atoms with Crippen LogP contribution in [0.2, 0.25) is 0 Å². The highest BCUT2D eigenvalue weighted by atomic mass is 16.5. The molecular formula is C20H24N2O5. The Hall–Kier alpha value is -3.22. The number of carbonyl (C=O) groups is 1. The van der Waals surface area contributed by atoms with E-state index >= 15 is 0 Å². The standard InChI is InChI=1S/C20H24N2O5/c1-24-16-8-5-14(11-18(16)26-3)7-10-20(23)22-21-13-15-6-9-17(25-2)19(12-15)27-4/h5-6,8-9,11-13H,7,10H2,1-4H3,(H,22,23)/b21-13-. The lowest BCUT2D eigenvalue weighted by Crippen LogP contribution is -2.17. The fourth-order valence-electron chi connectivity index (χ4n) is 2.46. The monoisotopic (exact) mass is 372 g/mol. The molecule has 0 heterocycles. The first-order valence-electron chi connectivity index (χ1n) is 8.36. The first-order valence-corrected chi connectivity index (χ1v) is 8.36. The minimum atomic E-state index is -0.179. The number of hydrogen-bond donors (Lipinski definition) is 1. The highest BCUT2D eigenvalue weighted by molar-refractivity contribution is 5.83. The molecule has 2 aromatic carbocycles. The molecule has 0 aliphatic carbocycles. The number of nitrogens with zero attached hydrogens (tertiary/aromatic N) is 1. The smallest absolute Gasteiger partial charge is 0.240 e. The number of methoxy groups -OCH3 is 4. The largest absolute Gasteiger partial charge is 0.493 e. The number of aryl methyl sites for hydroxylation is 1. The fourth-order valence-corrected chi connectivity index (χ4v) is 2.46. The normalized spacial score (nSPS) is 10.5. The summed E-state index contributed by atoms with van der Waals surface area (Å²) in [6.45, 7) is 0. The summed E-state index contributed by atoms with van der Waals surface area (Å²) in [6.07, 6.45) is 2.42. The summed E-state index contributed by atoms with van der Waals surface area (Å²) in [4.78, 5) is 12.0. The molecule has 0 unspecified atom stereocenters. The zero-order chi connectivity index (χ0) is 19.6. The van der Waals surface area contributed by atoms with Gasteiger partial charge in [0.05, 0.1) is 34.7 Å². The van der Waals surface area contributed by atoms with Gasteiger partial charge in [0.15, 0.2) is 23.0 Å². The molecule has 0 radical (unpaired) electrons. The fraction of sp³-hybridized carbons (Fsp3) is 0.300. The third-order valence-corrected chi connectivity index (χ3v) is 3.90. The summed E-state index contributed by atoms with van der Waals surface area (Å²) in [7, 11) is 6.30. The Labute approximate surface area is 158 Å². The van der Waals surface area contributed by atoms with E-state index in [0.29, 0.717) is 35.8 Å². The Bertz CT molecular complexity index is 805. The van der Waals surface area contributed by atoms with E-state index in [9.17, 15) is 4.79 Å². The maximum Gasteiger partial charge on any atom is 0.240 e. The van der Waals surface area contributed by atoms with Crippen molar-refractivity contribution in [2.75, 3.05) is 28.4 Å². The Morgan fingerprint density at radius 2 is 1.48 bits per heavy atom. The van der Waals surface area contributed by atoms with Crippen molar-refractivity contribution in [1.82, 2.24) is 5.43 Å². The van der Waals surface area contributed by atoms with Crippen molar-refractivity contribution in [3.63, 3.8) is 0 Å². The molecule has 2 aromatic rings. The van der Waals surface area contributed by atoms with Crippen molar-refractivity contribution in [3.05, 3.63) is 47.5 Å². The Kier molecular flexibility index (Phi) is 7.49. The number of benzene rings is 2. The summed E-state index contributed by atoms with van der Waals surface area (Å²) >= 11 is 0.